The summed E-state index contributed by atoms with van der Waals surface area (Å²) in [5.74, 6) is 1.65. The van der Waals surface area contributed by atoms with Crippen molar-refractivity contribution in [1.29, 1.82) is 0 Å². The van der Waals surface area contributed by atoms with Crippen LogP contribution in [0.4, 0.5) is 0 Å². The number of para-hydroxylation sites is 2. The topological polar surface area (TPSA) is 57.9 Å². The van der Waals surface area contributed by atoms with Crippen LogP contribution in [0.15, 0.2) is 77.2 Å². The lowest BCUT2D eigenvalue weighted by Gasteiger charge is -2.18. The third-order valence-electron chi connectivity index (χ3n) is 3.79. The molecule has 0 aliphatic heterocycles. The summed E-state index contributed by atoms with van der Waals surface area (Å²) in [5, 5.41) is 0. The highest BCUT2D eigenvalue weighted by Gasteiger charge is 2.34. The third kappa shape index (κ3) is 5.93. The van der Waals surface area contributed by atoms with Gasteiger partial charge in [-0.05, 0) is 36.8 Å². The van der Waals surface area contributed by atoms with E-state index in [0.717, 1.165) is 31.4 Å². The number of hydrogen-bond donors (Lipinski definition) is 0. The van der Waals surface area contributed by atoms with E-state index in [0.29, 0.717) is 11.5 Å². The molecule has 1 aromatic heterocycles. The zero-order valence-corrected chi connectivity index (χ0v) is 16.1. The van der Waals surface area contributed by atoms with Crippen molar-refractivity contribution in [2.75, 3.05) is 0 Å². The van der Waals surface area contributed by atoms with Gasteiger partial charge in [0.05, 0.1) is 0 Å². The maximum atomic E-state index is 13.3. The van der Waals surface area contributed by atoms with Crippen LogP contribution in [0.5, 0.6) is 17.4 Å². The summed E-state index contributed by atoms with van der Waals surface area (Å²) < 4.78 is 35.6. The van der Waals surface area contributed by atoms with Gasteiger partial charge in [0.25, 0.3) is 5.95 Å². The highest BCUT2D eigenvalue weighted by molar-refractivity contribution is 7.49. The first-order chi connectivity index (χ1) is 13.2. The van der Waals surface area contributed by atoms with Crippen LogP contribution in [-0.2, 0) is 11.0 Å². The Hall–Kier alpha value is -2.65. The lowest BCUT2D eigenvalue weighted by atomic mass is 10.2. The molecule has 6 heteroatoms. The van der Waals surface area contributed by atoms with Gasteiger partial charge in [0.15, 0.2) is 0 Å². The normalized spacial score (nSPS) is 11.1. The maximum absolute atomic E-state index is 13.3. The minimum Gasteiger partial charge on any atom is -0.431 e. The first-order valence-corrected chi connectivity index (χ1v) is 10.5. The van der Waals surface area contributed by atoms with Gasteiger partial charge in [0.1, 0.15) is 17.3 Å². The summed E-state index contributed by atoms with van der Waals surface area (Å²) in [4.78, 5) is 0. The first kappa shape index (κ1) is 19.1. The number of rotatable bonds is 10. The highest BCUT2D eigenvalue weighted by Crippen LogP contribution is 2.50. The molecule has 0 N–H and O–H groups in total. The number of unbranched alkanes of at least 4 members (excludes halogenated alkanes) is 2. The minimum absolute atomic E-state index is 0.108. The summed E-state index contributed by atoms with van der Waals surface area (Å²) in [6.07, 6.45) is 4.10. The van der Waals surface area contributed by atoms with Gasteiger partial charge in [-0.15, -0.1) is 0 Å². The molecule has 0 radical (unpaired) electrons. The molecule has 0 spiro atoms. The van der Waals surface area contributed by atoms with Crippen LogP contribution in [0.1, 0.15) is 31.9 Å². The Morgan fingerprint density at radius 3 is 1.93 bits per heavy atom. The molecule has 0 aliphatic rings. The maximum Gasteiger partial charge on any atom is 0.649 e. The predicted molar refractivity (Wildman–Crippen MR) is 104 cm³/mol. The van der Waals surface area contributed by atoms with Crippen LogP contribution < -0.4 is 13.6 Å². The standard InChI is InChI=1S/C21H23O5P/c1-2-3-6-11-18-16-17-21(23-18)26-27(22,24-19-12-7-4-8-13-19)25-20-14-9-5-10-15-20/h4-5,7-10,12-17H,2-3,6,11H2,1H3. The molecule has 1 heterocycles. The molecule has 5 nitrogen and oxygen atoms in total. The number of phosphoric acid groups is 1. The Balaban J connectivity index is 1.76. The summed E-state index contributed by atoms with van der Waals surface area (Å²) in [5.41, 5.74) is 0. The molecule has 0 saturated carbocycles. The fourth-order valence-electron chi connectivity index (χ4n) is 2.48. The van der Waals surface area contributed by atoms with Crippen molar-refractivity contribution in [3.63, 3.8) is 0 Å². The number of hydrogen-bond acceptors (Lipinski definition) is 5. The molecule has 142 valence electrons. The third-order valence-corrected chi connectivity index (χ3v) is 5.06. The van der Waals surface area contributed by atoms with E-state index in [4.69, 9.17) is 18.0 Å². The fraction of sp³-hybridized carbons (Fsp3) is 0.238. The van der Waals surface area contributed by atoms with Crippen molar-refractivity contribution < 1.29 is 22.6 Å². The Kier molecular flexibility index (Phi) is 6.61. The molecule has 0 unspecified atom stereocenters. The van der Waals surface area contributed by atoms with Crippen LogP contribution in [0.2, 0.25) is 0 Å². The molecule has 0 bridgehead atoms. The van der Waals surface area contributed by atoms with E-state index in [2.05, 4.69) is 6.92 Å². The zero-order chi connectivity index (χ0) is 19.0. The lowest BCUT2D eigenvalue weighted by molar-refractivity contribution is 0.264. The van der Waals surface area contributed by atoms with Gasteiger partial charge in [0.2, 0.25) is 0 Å². The van der Waals surface area contributed by atoms with Crippen molar-refractivity contribution in [2.45, 2.75) is 32.6 Å². The number of phosphoric ester groups is 1. The summed E-state index contributed by atoms with van der Waals surface area (Å²) in [6.45, 7) is 2.15. The molecule has 0 amide bonds. The van der Waals surface area contributed by atoms with Crippen molar-refractivity contribution in [1.82, 2.24) is 0 Å². The molecule has 3 aromatic rings. The second-order valence-corrected chi connectivity index (χ2v) is 7.47. The van der Waals surface area contributed by atoms with Crippen LogP contribution in [0, 0.1) is 0 Å². The summed E-state index contributed by atoms with van der Waals surface area (Å²) in [6, 6.07) is 21.0. The summed E-state index contributed by atoms with van der Waals surface area (Å²) in [7, 11) is -4.00. The Morgan fingerprint density at radius 2 is 1.37 bits per heavy atom. The average molecular weight is 386 g/mol. The number of furan rings is 1. The lowest BCUT2D eigenvalue weighted by Crippen LogP contribution is -2.07. The number of aryl methyl sites for hydroxylation is 1. The van der Waals surface area contributed by atoms with Crippen LogP contribution in [-0.4, -0.2) is 0 Å². The van der Waals surface area contributed by atoms with Gasteiger partial charge in [-0.2, -0.15) is 4.57 Å². The molecule has 0 atom stereocenters. The van der Waals surface area contributed by atoms with Gasteiger partial charge in [-0.1, -0.05) is 56.2 Å². The van der Waals surface area contributed by atoms with Gasteiger partial charge in [-0.3, -0.25) is 0 Å². The SMILES string of the molecule is CCCCCc1ccc(OP(=O)(Oc2ccccc2)Oc2ccccc2)o1. The van der Waals surface area contributed by atoms with Gasteiger partial charge in [0, 0.05) is 12.5 Å². The molecule has 0 saturated heterocycles. The van der Waals surface area contributed by atoms with E-state index in [1.165, 1.54) is 0 Å². The molecular weight excluding hydrogens is 363 g/mol. The van der Waals surface area contributed by atoms with E-state index >= 15 is 0 Å². The van der Waals surface area contributed by atoms with Crippen molar-refractivity contribution in [2.24, 2.45) is 0 Å². The monoisotopic (exact) mass is 386 g/mol. The molecular formula is C21H23O5P. The Morgan fingerprint density at radius 1 is 0.778 bits per heavy atom. The van der Waals surface area contributed by atoms with Crippen molar-refractivity contribution in [3.05, 3.63) is 78.6 Å². The molecule has 0 aliphatic carbocycles. The van der Waals surface area contributed by atoms with Crippen LogP contribution in [0.25, 0.3) is 0 Å². The smallest absolute Gasteiger partial charge is 0.431 e. The highest BCUT2D eigenvalue weighted by atomic mass is 31.2. The van der Waals surface area contributed by atoms with Crippen LogP contribution >= 0.6 is 7.82 Å². The average Bonchev–Trinajstić information content (AvgIpc) is 3.10. The number of benzene rings is 2. The second-order valence-electron chi connectivity index (χ2n) is 6.03. The van der Waals surface area contributed by atoms with Crippen molar-refractivity contribution in [3.8, 4) is 17.4 Å². The van der Waals surface area contributed by atoms with E-state index in [-0.39, 0.29) is 5.95 Å². The van der Waals surface area contributed by atoms with E-state index in [9.17, 15) is 4.57 Å². The predicted octanol–water partition coefficient (Wildman–Crippen LogP) is 6.66. The molecule has 2 aromatic carbocycles. The van der Waals surface area contributed by atoms with Gasteiger partial charge in [-0.25, -0.2) is 0 Å². The largest absolute Gasteiger partial charge is 0.649 e. The van der Waals surface area contributed by atoms with Crippen LogP contribution in [0.3, 0.4) is 0 Å². The Labute approximate surface area is 159 Å². The minimum atomic E-state index is -4.00. The van der Waals surface area contributed by atoms with Gasteiger partial charge >= 0.3 is 7.82 Å². The van der Waals surface area contributed by atoms with Gasteiger partial charge < -0.3 is 18.0 Å². The first-order valence-electron chi connectivity index (χ1n) is 9.04. The van der Waals surface area contributed by atoms with E-state index < -0.39 is 7.82 Å². The summed E-state index contributed by atoms with van der Waals surface area (Å²) >= 11 is 0. The molecule has 3 rings (SSSR count). The second kappa shape index (κ2) is 9.33. The fourth-order valence-corrected chi connectivity index (χ4v) is 3.67. The zero-order valence-electron chi connectivity index (χ0n) is 15.2. The molecule has 27 heavy (non-hydrogen) atoms. The van der Waals surface area contributed by atoms with E-state index in [1.54, 1.807) is 54.6 Å². The molecule has 0 fully saturated rings. The quantitative estimate of drug-likeness (QED) is 0.288. The van der Waals surface area contributed by atoms with E-state index in [1.807, 2.05) is 18.2 Å². The van der Waals surface area contributed by atoms with Crippen molar-refractivity contribution >= 4 is 7.82 Å². The Bertz CT molecular complexity index is 815.